The van der Waals surface area contributed by atoms with Crippen molar-refractivity contribution in [2.24, 2.45) is 23.5 Å². The maximum absolute atomic E-state index is 12.6. The van der Waals surface area contributed by atoms with E-state index in [1.54, 1.807) is 6.07 Å². The van der Waals surface area contributed by atoms with E-state index >= 15 is 0 Å². The maximum atomic E-state index is 12.6. The Morgan fingerprint density at radius 3 is 2.88 bits per heavy atom. The normalized spacial score (nSPS) is 26.8. The number of hydrogen-bond donors (Lipinski definition) is 3. The van der Waals surface area contributed by atoms with E-state index in [1.165, 1.54) is 18.3 Å². The third-order valence-corrected chi connectivity index (χ3v) is 6.20. The monoisotopic (exact) mass is 374 g/mol. The van der Waals surface area contributed by atoms with Gasteiger partial charge in [-0.2, -0.15) is 0 Å². The summed E-state index contributed by atoms with van der Waals surface area (Å²) < 4.78 is 5.69. The van der Waals surface area contributed by atoms with E-state index < -0.39 is 0 Å². The number of hydrogen-bond acceptors (Lipinski definition) is 6. The minimum absolute atomic E-state index is 0.0172. The molecule has 2 aromatic rings. The summed E-state index contributed by atoms with van der Waals surface area (Å²) in [6, 6.07) is 3.58. The van der Waals surface area contributed by atoms with Gasteiger partial charge in [0.25, 0.3) is 0 Å². The molecule has 0 aliphatic heterocycles. The van der Waals surface area contributed by atoms with Crippen molar-refractivity contribution < 1.29 is 14.0 Å². The number of carbonyl (C=O) groups excluding carboxylic acids is 2. The van der Waals surface area contributed by atoms with E-state index in [0.29, 0.717) is 40.7 Å². The van der Waals surface area contributed by atoms with Crippen LogP contribution in [-0.2, 0) is 16.1 Å². The lowest BCUT2D eigenvalue weighted by Crippen LogP contribution is -2.42. The molecule has 138 valence electrons. The molecule has 2 amide bonds. The van der Waals surface area contributed by atoms with Crippen LogP contribution in [0.1, 0.15) is 31.9 Å². The molecule has 0 spiro atoms. The smallest absolute Gasteiger partial charge is 0.231 e. The van der Waals surface area contributed by atoms with Crippen molar-refractivity contribution in [2.75, 3.05) is 5.32 Å². The van der Waals surface area contributed by atoms with E-state index in [9.17, 15) is 9.59 Å². The predicted molar refractivity (Wildman–Crippen MR) is 98.3 cm³/mol. The molecule has 2 saturated carbocycles. The number of nitrogens with one attached hydrogen (secondary N) is 2. The Morgan fingerprint density at radius 1 is 1.35 bits per heavy atom. The van der Waals surface area contributed by atoms with Crippen molar-refractivity contribution in [1.82, 2.24) is 10.3 Å². The molecule has 2 fully saturated rings. The highest BCUT2D eigenvalue weighted by molar-refractivity contribution is 7.14. The molecular weight excluding hydrogens is 352 g/mol. The van der Waals surface area contributed by atoms with Crippen LogP contribution in [0.4, 0.5) is 5.13 Å². The number of rotatable bonds is 5. The van der Waals surface area contributed by atoms with Gasteiger partial charge in [0.15, 0.2) is 10.9 Å². The van der Waals surface area contributed by atoms with Crippen LogP contribution < -0.4 is 16.4 Å². The number of anilines is 1. The van der Waals surface area contributed by atoms with E-state index in [2.05, 4.69) is 15.6 Å². The predicted octanol–water partition coefficient (Wildman–Crippen LogP) is 2.35. The van der Waals surface area contributed by atoms with Gasteiger partial charge in [0, 0.05) is 18.3 Å². The zero-order chi connectivity index (χ0) is 18.3. The van der Waals surface area contributed by atoms with Gasteiger partial charge in [0.2, 0.25) is 11.8 Å². The third kappa shape index (κ3) is 3.26. The summed E-state index contributed by atoms with van der Waals surface area (Å²) in [4.78, 5) is 28.0. The summed E-state index contributed by atoms with van der Waals surface area (Å²) in [5.74, 6) is 1.94. The quantitative estimate of drug-likeness (QED) is 0.744. The van der Waals surface area contributed by atoms with E-state index in [1.807, 2.05) is 11.4 Å². The number of amides is 2. The highest BCUT2D eigenvalue weighted by atomic mass is 32.1. The molecule has 2 bridgehead atoms. The van der Waals surface area contributed by atoms with Gasteiger partial charge in [0.05, 0.1) is 12.5 Å². The Balaban J connectivity index is 1.40. The number of nitrogens with two attached hydrogens (primary N) is 1. The summed E-state index contributed by atoms with van der Waals surface area (Å²) in [5.41, 5.74) is 6.91. The number of thiazole rings is 1. The van der Waals surface area contributed by atoms with Gasteiger partial charge in [0.1, 0.15) is 11.5 Å². The molecule has 2 heterocycles. The number of aromatic nitrogens is 1. The molecule has 7 nitrogen and oxygen atoms in total. The molecular formula is C18H22N4O3S. The molecule has 0 radical (unpaired) electrons. The molecule has 2 aliphatic carbocycles. The highest BCUT2D eigenvalue weighted by Crippen LogP contribution is 2.48. The maximum Gasteiger partial charge on any atom is 0.231 e. The first-order chi connectivity index (χ1) is 12.5. The molecule has 4 unspecified atom stereocenters. The second-order valence-electron chi connectivity index (χ2n) is 7.14. The summed E-state index contributed by atoms with van der Waals surface area (Å²) in [6.45, 7) is 1.80. The van der Waals surface area contributed by atoms with Crippen molar-refractivity contribution in [3.8, 4) is 11.5 Å². The Kier molecular flexibility index (Phi) is 4.54. The topological polar surface area (TPSA) is 110 Å². The van der Waals surface area contributed by atoms with Gasteiger partial charge in [-0.25, -0.2) is 4.98 Å². The van der Waals surface area contributed by atoms with Crippen LogP contribution in [0.15, 0.2) is 21.9 Å². The SMILES string of the molecule is CC(=O)NCc1ccc(-c2csc(NC(=O)C3C4CCC(C4)C3N)n2)o1. The molecule has 2 aliphatic rings. The van der Waals surface area contributed by atoms with Crippen molar-refractivity contribution in [2.45, 2.75) is 38.8 Å². The standard InChI is InChI=1S/C18H22N4O3S/c1-9(23)20-7-12-4-5-14(25-12)13-8-26-18(21-13)22-17(24)15-10-2-3-11(6-10)16(15)19/h4-5,8,10-11,15-16H,2-3,6-7,19H2,1H3,(H,20,23)(H,21,22,24). The highest BCUT2D eigenvalue weighted by Gasteiger charge is 2.49. The van der Waals surface area contributed by atoms with Crippen LogP contribution >= 0.6 is 11.3 Å². The Bertz CT molecular complexity index is 828. The number of fused-ring (bicyclic) bond motifs is 2. The molecule has 8 heteroatoms. The van der Waals surface area contributed by atoms with Gasteiger partial charge >= 0.3 is 0 Å². The molecule has 4 rings (SSSR count). The summed E-state index contributed by atoms with van der Waals surface area (Å²) in [5, 5.41) is 8.01. The average Bonchev–Trinajstić information content (AvgIpc) is 3.36. The zero-order valence-electron chi connectivity index (χ0n) is 14.5. The van der Waals surface area contributed by atoms with Crippen molar-refractivity contribution in [3.63, 3.8) is 0 Å². The van der Waals surface area contributed by atoms with Crippen molar-refractivity contribution in [1.29, 1.82) is 0 Å². The molecule has 0 aromatic carbocycles. The zero-order valence-corrected chi connectivity index (χ0v) is 15.3. The molecule has 26 heavy (non-hydrogen) atoms. The minimum atomic E-state index is -0.111. The minimum Gasteiger partial charge on any atom is -0.458 e. The lowest BCUT2D eigenvalue weighted by molar-refractivity contribution is -0.122. The van der Waals surface area contributed by atoms with E-state index in [0.717, 1.165) is 19.3 Å². The first kappa shape index (κ1) is 17.2. The third-order valence-electron chi connectivity index (χ3n) is 5.44. The number of carbonyl (C=O) groups is 2. The second-order valence-corrected chi connectivity index (χ2v) is 8.00. The molecule has 0 saturated heterocycles. The summed E-state index contributed by atoms with van der Waals surface area (Å²) >= 11 is 1.37. The van der Waals surface area contributed by atoms with Crippen molar-refractivity contribution in [3.05, 3.63) is 23.3 Å². The lowest BCUT2D eigenvalue weighted by atomic mass is 9.84. The van der Waals surface area contributed by atoms with Crippen molar-refractivity contribution >= 4 is 28.3 Å². The fourth-order valence-corrected chi connectivity index (χ4v) is 4.88. The lowest BCUT2D eigenvalue weighted by Gasteiger charge is -2.26. The van der Waals surface area contributed by atoms with Crippen LogP contribution in [0.5, 0.6) is 0 Å². The van der Waals surface area contributed by atoms with Gasteiger partial charge in [-0.05, 0) is 43.2 Å². The van der Waals surface area contributed by atoms with Crippen LogP contribution in [-0.4, -0.2) is 22.8 Å². The Labute approximate surface area is 155 Å². The molecule has 4 N–H and O–H groups in total. The van der Waals surface area contributed by atoms with Gasteiger partial charge in [-0.1, -0.05) is 0 Å². The summed E-state index contributed by atoms with van der Waals surface area (Å²) in [7, 11) is 0. The van der Waals surface area contributed by atoms with E-state index in [-0.39, 0.29) is 23.8 Å². The van der Waals surface area contributed by atoms with Gasteiger partial charge < -0.3 is 20.8 Å². The van der Waals surface area contributed by atoms with Gasteiger partial charge in [-0.3, -0.25) is 9.59 Å². The number of nitrogens with zero attached hydrogens (tertiary/aromatic N) is 1. The van der Waals surface area contributed by atoms with Crippen LogP contribution in [0.2, 0.25) is 0 Å². The molecule has 2 aromatic heterocycles. The van der Waals surface area contributed by atoms with Crippen LogP contribution in [0, 0.1) is 17.8 Å². The molecule has 4 atom stereocenters. The summed E-state index contributed by atoms with van der Waals surface area (Å²) in [6.07, 6.45) is 3.32. The average molecular weight is 374 g/mol. The van der Waals surface area contributed by atoms with E-state index in [4.69, 9.17) is 10.2 Å². The first-order valence-electron chi connectivity index (χ1n) is 8.87. The second kappa shape index (κ2) is 6.85. The number of furan rings is 1. The first-order valence-corrected chi connectivity index (χ1v) is 9.74. The van der Waals surface area contributed by atoms with Crippen LogP contribution in [0.25, 0.3) is 11.5 Å². The Hall–Kier alpha value is -2.19. The fourth-order valence-electron chi connectivity index (χ4n) is 4.18. The van der Waals surface area contributed by atoms with Gasteiger partial charge in [-0.15, -0.1) is 11.3 Å². The van der Waals surface area contributed by atoms with Crippen LogP contribution in [0.3, 0.4) is 0 Å². The Morgan fingerprint density at radius 2 is 2.15 bits per heavy atom. The largest absolute Gasteiger partial charge is 0.458 e. The fraction of sp³-hybridized carbons (Fsp3) is 0.500.